The highest BCUT2D eigenvalue weighted by Crippen LogP contribution is 2.23. The number of nitrogens with one attached hydrogen (secondary N) is 1. The predicted molar refractivity (Wildman–Crippen MR) is 79.8 cm³/mol. The second-order valence-corrected chi connectivity index (χ2v) is 4.98. The van der Waals surface area contributed by atoms with Gasteiger partial charge in [-0.25, -0.2) is 0 Å². The Bertz CT molecular complexity index is 602. The first kappa shape index (κ1) is 14.5. The first-order valence-corrected chi connectivity index (χ1v) is 6.67. The van der Waals surface area contributed by atoms with Crippen molar-refractivity contribution < 1.29 is 4.92 Å². The quantitative estimate of drug-likeness (QED) is 0.666. The van der Waals surface area contributed by atoms with Gasteiger partial charge in [0, 0.05) is 29.2 Å². The molecule has 2 aromatic rings. The van der Waals surface area contributed by atoms with Gasteiger partial charge in [-0.15, -0.1) is 0 Å². The second kappa shape index (κ2) is 6.50. The molecule has 0 spiro atoms. The van der Waals surface area contributed by atoms with Crippen molar-refractivity contribution in [3.8, 4) is 0 Å². The molecule has 0 aliphatic carbocycles. The van der Waals surface area contributed by atoms with Gasteiger partial charge in [0.25, 0.3) is 5.69 Å². The maximum absolute atomic E-state index is 11.0. The van der Waals surface area contributed by atoms with Crippen LogP contribution in [0.4, 0.5) is 5.69 Å². The van der Waals surface area contributed by atoms with E-state index in [-0.39, 0.29) is 16.7 Å². The van der Waals surface area contributed by atoms with Crippen molar-refractivity contribution in [1.29, 1.82) is 0 Å². The summed E-state index contributed by atoms with van der Waals surface area (Å²) in [6.45, 7) is 2.42. The van der Waals surface area contributed by atoms with Crippen LogP contribution in [0.2, 0.25) is 5.02 Å². The van der Waals surface area contributed by atoms with Crippen LogP contribution in [0.25, 0.3) is 0 Å². The summed E-state index contributed by atoms with van der Waals surface area (Å²) in [6.07, 6.45) is 0. The fourth-order valence-electron chi connectivity index (χ4n) is 2.00. The van der Waals surface area contributed by atoms with Gasteiger partial charge in [0.15, 0.2) is 0 Å². The molecule has 5 heteroatoms. The molecule has 0 aliphatic rings. The van der Waals surface area contributed by atoms with E-state index in [4.69, 9.17) is 11.6 Å². The standard InChI is InChI=1S/C15H15ClN2O2/c1-11(12-5-3-2-4-6-12)17-10-13-9-14(16)7-8-15(13)18(19)20/h2-9,11,17H,10H2,1H3/t11-/m0/s1. The lowest BCUT2D eigenvalue weighted by molar-refractivity contribution is -0.385. The largest absolute Gasteiger partial charge is 0.306 e. The SMILES string of the molecule is C[C@H](NCc1cc(Cl)ccc1[N+](=O)[O-])c1ccccc1. The van der Waals surface area contributed by atoms with Crippen LogP contribution in [0.5, 0.6) is 0 Å². The van der Waals surface area contributed by atoms with Crippen LogP contribution in [0, 0.1) is 10.1 Å². The van der Waals surface area contributed by atoms with E-state index in [1.807, 2.05) is 37.3 Å². The van der Waals surface area contributed by atoms with Crippen LogP contribution in [-0.2, 0) is 6.54 Å². The fraction of sp³-hybridized carbons (Fsp3) is 0.200. The zero-order valence-electron chi connectivity index (χ0n) is 11.0. The Hall–Kier alpha value is -1.91. The highest BCUT2D eigenvalue weighted by molar-refractivity contribution is 6.30. The van der Waals surface area contributed by atoms with Crippen molar-refractivity contribution in [2.24, 2.45) is 0 Å². The molecule has 2 rings (SSSR count). The zero-order valence-corrected chi connectivity index (χ0v) is 11.8. The van der Waals surface area contributed by atoms with E-state index in [1.165, 1.54) is 12.1 Å². The van der Waals surface area contributed by atoms with Crippen LogP contribution in [-0.4, -0.2) is 4.92 Å². The molecule has 20 heavy (non-hydrogen) atoms. The molecule has 104 valence electrons. The molecule has 0 aliphatic heterocycles. The Morgan fingerprint density at radius 2 is 1.95 bits per heavy atom. The maximum Gasteiger partial charge on any atom is 0.273 e. The summed E-state index contributed by atoms with van der Waals surface area (Å²) in [5.41, 5.74) is 1.81. The lowest BCUT2D eigenvalue weighted by Crippen LogP contribution is -2.18. The summed E-state index contributed by atoms with van der Waals surface area (Å²) in [6, 6.07) is 14.6. The summed E-state index contributed by atoms with van der Waals surface area (Å²) in [4.78, 5) is 10.6. The van der Waals surface area contributed by atoms with Gasteiger partial charge in [-0.05, 0) is 24.6 Å². The third-order valence-corrected chi connectivity index (χ3v) is 3.37. The Morgan fingerprint density at radius 1 is 1.25 bits per heavy atom. The van der Waals surface area contributed by atoms with E-state index in [1.54, 1.807) is 6.07 Å². The van der Waals surface area contributed by atoms with Crippen LogP contribution < -0.4 is 5.32 Å². The molecule has 0 saturated carbocycles. The average molecular weight is 291 g/mol. The van der Waals surface area contributed by atoms with E-state index in [0.717, 1.165) is 5.56 Å². The van der Waals surface area contributed by atoms with Crippen LogP contribution in [0.15, 0.2) is 48.5 Å². The van der Waals surface area contributed by atoms with Crippen molar-refractivity contribution in [1.82, 2.24) is 5.32 Å². The lowest BCUT2D eigenvalue weighted by Gasteiger charge is -2.14. The zero-order chi connectivity index (χ0) is 14.5. The molecule has 1 atom stereocenters. The number of nitro benzene ring substituents is 1. The number of hydrogen-bond acceptors (Lipinski definition) is 3. The molecular formula is C15H15ClN2O2. The van der Waals surface area contributed by atoms with Gasteiger partial charge in [-0.1, -0.05) is 41.9 Å². The number of nitro groups is 1. The van der Waals surface area contributed by atoms with Gasteiger partial charge >= 0.3 is 0 Å². The molecule has 0 radical (unpaired) electrons. The highest BCUT2D eigenvalue weighted by atomic mass is 35.5. The maximum atomic E-state index is 11.0. The van der Waals surface area contributed by atoms with Gasteiger partial charge in [0.2, 0.25) is 0 Å². The third kappa shape index (κ3) is 3.56. The third-order valence-electron chi connectivity index (χ3n) is 3.14. The molecule has 0 saturated heterocycles. The number of nitrogens with zero attached hydrogens (tertiary/aromatic N) is 1. The first-order valence-electron chi connectivity index (χ1n) is 6.29. The van der Waals surface area contributed by atoms with Gasteiger partial charge in [-0.2, -0.15) is 0 Å². The topological polar surface area (TPSA) is 55.2 Å². The van der Waals surface area contributed by atoms with Crippen LogP contribution >= 0.6 is 11.6 Å². The number of hydrogen-bond donors (Lipinski definition) is 1. The number of halogens is 1. The first-order chi connectivity index (χ1) is 9.58. The van der Waals surface area contributed by atoms with Crippen molar-refractivity contribution >= 4 is 17.3 Å². The van der Waals surface area contributed by atoms with Gasteiger partial charge in [0.1, 0.15) is 0 Å². The van der Waals surface area contributed by atoms with E-state index >= 15 is 0 Å². The Balaban J connectivity index is 2.11. The fourth-order valence-corrected chi connectivity index (χ4v) is 2.19. The van der Waals surface area contributed by atoms with Crippen LogP contribution in [0.1, 0.15) is 24.1 Å². The minimum absolute atomic E-state index is 0.0853. The van der Waals surface area contributed by atoms with E-state index in [2.05, 4.69) is 5.32 Å². The molecule has 0 bridgehead atoms. The molecule has 4 nitrogen and oxygen atoms in total. The Morgan fingerprint density at radius 3 is 2.60 bits per heavy atom. The van der Waals surface area contributed by atoms with Crippen molar-refractivity contribution in [3.05, 3.63) is 74.8 Å². The molecule has 0 unspecified atom stereocenters. The monoisotopic (exact) mass is 290 g/mol. The van der Waals surface area contributed by atoms with Crippen LogP contribution in [0.3, 0.4) is 0 Å². The van der Waals surface area contributed by atoms with E-state index < -0.39 is 0 Å². The Labute approximate surface area is 122 Å². The molecule has 0 aromatic heterocycles. The van der Waals surface area contributed by atoms with Gasteiger partial charge in [0.05, 0.1) is 4.92 Å². The molecule has 2 aromatic carbocycles. The van der Waals surface area contributed by atoms with Crippen molar-refractivity contribution in [2.75, 3.05) is 0 Å². The average Bonchev–Trinajstić information content (AvgIpc) is 2.45. The summed E-state index contributed by atoms with van der Waals surface area (Å²) in [5.74, 6) is 0. The minimum atomic E-state index is -0.388. The van der Waals surface area contributed by atoms with E-state index in [9.17, 15) is 10.1 Å². The summed E-state index contributed by atoms with van der Waals surface area (Å²) < 4.78 is 0. The van der Waals surface area contributed by atoms with Gasteiger partial charge in [-0.3, -0.25) is 10.1 Å². The smallest absolute Gasteiger partial charge is 0.273 e. The van der Waals surface area contributed by atoms with E-state index in [0.29, 0.717) is 17.1 Å². The molecule has 0 heterocycles. The number of rotatable bonds is 5. The highest BCUT2D eigenvalue weighted by Gasteiger charge is 2.14. The Kier molecular flexibility index (Phi) is 4.71. The summed E-state index contributed by atoms with van der Waals surface area (Å²) in [7, 11) is 0. The molecular weight excluding hydrogens is 276 g/mol. The molecule has 0 amide bonds. The normalized spacial score (nSPS) is 12.1. The summed E-state index contributed by atoms with van der Waals surface area (Å²) in [5, 5.41) is 14.8. The van der Waals surface area contributed by atoms with Gasteiger partial charge < -0.3 is 5.32 Å². The lowest BCUT2D eigenvalue weighted by atomic mass is 10.1. The van der Waals surface area contributed by atoms with Crippen molar-refractivity contribution in [3.63, 3.8) is 0 Å². The predicted octanol–water partition coefficient (Wildman–Crippen LogP) is 4.10. The molecule has 0 fully saturated rings. The van der Waals surface area contributed by atoms with Crippen molar-refractivity contribution in [2.45, 2.75) is 19.5 Å². The minimum Gasteiger partial charge on any atom is -0.306 e. The second-order valence-electron chi connectivity index (χ2n) is 4.54. The summed E-state index contributed by atoms with van der Waals surface area (Å²) >= 11 is 5.90. The molecule has 1 N–H and O–H groups in total. The number of benzene rings is 2.